The number of ether oxygens (including phenoxy) is 1. The molecule has 0 radical (unpaired) electrons. The quantitative estimate of drug-likeness (QED) is 0.728. The molecule has 0 aliphatic heterocycles. The van der Waals surface area contributed by atoms with Crippen molar-refractivity contribution in [3.8, 4) is 11.5 Å². The summed E-state index contributed by atoms with van der Waals surface area (Å²) in [6.07, 6.45) is 6.11. The van der Waals surface area contributed by atoms with Gasteiger partial charge in [-0.1, -0.05) is 37.1 Å². The summed E-state index contributed by atoms with van der Waals surface area (Å²) in [7, 11) is 1.68. The fourth-order valence-corrected chi connectivity index (χ4v) is 4.82. The van der Waals surface area contributed by atoms with Gasteiger partial charge in [-0.15, -0.1) is 0 Å². The number of phenols is 1. The molecule has 1 atom stereocenters. The van der Waals surface area contributed by atoms with Crippen molar-refractivity contribution in [2.75, 3.05) is 13.7 Å². The Morgan fingerprint density at radius 2 is 2.00 bits per heavy atom. The van der Waals surface area contributed by atoms with E-state index in [9.17, 15) is 9.90 Å². The number of nitrogens with one attached hydrogen (secondary N) is 2. The smallest absolute Gasteiger partial charge is 0.315 e. The highest BCUT2D eigenvalue weighted by Gasteiger charge is 2.36. The summed E-state index contributed by atoms with van der Waals surface area (Å²) in [5, 5.41) is 16.2. The van der Waals surface area contributed by atoms with Crippen molar-refractivity contribution in [2.24, 2.45) is 0 Å². The lowest BCUT2D eigenvalue weighted by Gasteiger charge is -2.30. The third-order valence-corrected chi connectivity index (χ3v) is 6.38. The van der Waals surface area contributed by atoms with Crippen molar-refractivity contribution in [3.05, 3.63) is 59.2 Å². The SMILES string of the molecule is COc1cccc(C2(CNC(=O)NC3CCc4c(O)cccc43)CCCC2)c1. The zero-order valence-electron chi connectivity index (χ0n) is 16.3. The van der Waals surface area contributed by atoms with Gasteiger partial charge in [-0.2, -0.15) is 0 Å². The van der Waals surface area contributed by atoms with Crippen molar-refractivity contribution in [2.45, 2.75) is 50.0 Å². The molecule has 3 N–H and O–H groups in total. The molecule has 2 aliphatic carbocycles. The number of amides is 2. The third kappa shape index (κ3) is 3.53. The lowest BCUT2D eigenvalue weighted by molar-refractivity contribution is 0.233. The molecule has 4 rings (SSSR count). The first-order valence-corrected chi connectivity index (χ1v) is 10.1. The molecular weight excluding hydrogens is 352 g/mol. The second-order valence-corrected chi connectivity index (χ2v) is 7.98. The first-order chi connectivity index (χ1) is 13.6. The molecule has 0 aromatic heterocycles. The van der Waals surface area contributed by atoms with E-state index in [-0.39, 0.29) is 17.5 Å². The number of rotatable bonds is 5. The number of benzene rings is 2. The van der Waals surface area contributed by atoms with Crippen LogP contribution in [0, 0.1) is 0 Å². The first kappa shape index (κ1) is 18.7. The highest BCUT2D eigenvalue weighted by Crippen LogP contribution is 2.41. The van der Waals surface area contributed by atoms with Gasteiger partial charge in [0.25, 0.3) is 0 Å². The second kappa shape index (κ2) is 7.74. The Hall–Kier alpha value is -2.69. The Labute approximate surface area is 166 Å². The van der Waals surface area contributed by atoms with Gasteiger partial charge in [-0.25, -0.2) is 4.79 Å². The van der Waals surface area contributed by atoms with E-state index in [0.29, 0.717) is 12.3 Å². The van der Waals surface area contributed by atoms with E-state index in [1.807, 2.05) is 24.3 Å². The van der Waals surface area contributed by atoms with Crippen LogP contribution >= 0.6 is 0 Å². The number of urea groups is 1. The maximum Gasteiger partial charge on any atom is 0.315 e. The van der Waals surface area contributed by atoms with Crippen LogP contribution in [0.25, 0.3) is 0 Å². The highest BCUT2D eigenvalue weighted by molar-refractivity contribution is 5.75. The molecule has 2 aromatic carbocycles. The molecule has 1 unspecified atom stereocenters. The molecule has 28 heavy (non-hydrogen) atoms. The number of hydrogen-bond acceptors (Lipinski definition) is 3. The van der Waals surface area contributed by atoms with E-state index in [4.69, 9.17) is 4.74 Å². The van der Waals surface area contributed by atoms with E-state index in [0.717, 1.165) is 42.6 Å². The van der Waals surface area contributed by atoms with Gasteiger partial charge in [0.05, 0.1) is 13.2 Å². The summed E-state index contributed by atoms with van der Waals surface area (Å²) in [5.74, 6) is 1.18. The summed E-state index contributed by atoms with van der Waals surface area (Å²) in [6, 6.07) is 13.6. The van der Waals surface area contributed by atoms with Crippen molar-refractivity contribution < 1.29 is 14.6 Å². The summed E-state index contributed by atoms with van der Waals surface area (Å²) in [4.78, 5) is 12.6. The van der Waals surface area contributed by atoms with Gasteiger partial charge in [-0.05, 0) is 60.6 Å². The molecule has 2 amide bonds. The standard InChI is InChI=1S/C23H28N2O3/c1-28-17-7-4-6-16(14-17)23(12-2-3-13-23)15-24-22(27)25-20-11-10-19-18(20)8-5-9-21(19)26/h4-9,14,20,26H,2-3,10-13,15H2,1H3,(H2,24,25,27). The minimum atomic E-state index is -0.143. The summed E-state index contributed by atoms with van der Waals surface area (Å²) < 4.78 is 5.40. The first-order valence-electron chi connectivity index (χ1n) is 10.1. The minimum Gasteiger partial charge on any atom is -0.508 e. The Balaban J connectivity index is 1.43. The zero-order valence-corrected chi connectivity index (χ0v) is 16.3. The van der Waals surface area contributed by atoms with Gasteiger partial charge in [0.1, 0.15) is 11.5 Å². The predicted octanol–water partition coefficient (Wildman–Crippen LogP) is 4.20. The van der Waals surface area contributed by atoms with Crippen molar-refractivity contribution in [1.82, 2.24) is 10.6 Å². The Bertz CT molecular complexity index is 859. The van der Waals surface area contributed by atoms with E-state index >= 15 is 0 Å². The average Bonchev–Trinajstić information content (AvgIpc) is 3.36. The fourth-order valence-electron chi connectivity index (χ4n) is 4.82. The van der Waals surface area contributed by atoms with Crippen molar-refractivity contribution >= 4 is 6.03 Å². The Kier molecular flexibility index (Phi) is 5.16. The molecule has 0 saturated heterocycles. The molecule has 2 aliphatic rings. The van der Waals surface area contributed by atoms with Crippen molar-refractivity contribution in [3.63, 3.8) is 0 Å². The number of fused-ring (bicyclic) bond motifs is 1. The molecule has 1 fully saturated rings. The Morgan fingerprint density at radius 1 is 1.21 bits per heavy atom. The van der Waals surface area contributed by atoms with E-state index in [1.54, 1.807) is 13.2 Å². The maximum atomic E-state index is 12.6. The molecule has 2 aromatic rings. The van der Waals surface area contributed by atoms with Gasteiger partial charge in [0.2, 0.25) is 0 Å². The van der Waals surface area contributed by atoms with Crippen LogP contribution in [0.5, 0.6) is 11.5 Å². The monoisotopic (exact) mass is 380 g/mol. The van der Waals surface area contributed by atoms with Gasteiger partial charge in [0, 0.05) is 12.0 Å². The van der Waals surface area contributed by atoms with Crippen LogP contribution in [-0.2, 0) is 11.8 Å². The van der Waals surface area contributed by atoms with Crippen LogP contribution in [0.1, 0.15) is 54.8 Å². The van der Waals surface area contributed by atoms with Gasteiger partial charge in [0.15, 0.2) is 0 Å². The van der Waals surface area contributed by atoms with E-state index in [2.05, 4.69) is 22.8 Å². The number of phenolic OH excluding ortho intramolecular Hbond substituents is 1. The molecule has 1 saturated carbocycles. The third-order valence-electron chi connectivity index (χ3n) is 6.38. The molecule has 0 spiro atoms. The summed E-state index contributed by atoms with van der Waals surface area (Å²) in [6.45, 7) is 0.617. The number of carbonyl (C=O) groups is 1. The number of hydrogen-bond donors (Lipinski definition) is 3. The normalized spacial score (nSPS) is 19.8. The van der Waals surface area contributed by atoms with Crippen LogP contribution < -0.4 is 15.4 Å². The largest absolute Gasteiger partial charge is 0.508 e. The molecule has 5 heteroatoms. The minimum absolute atomic E-state index is 0.0300. The lowest BCUT2D eigenvalue weighted by atomic mass is 9.78. The van der Waals surface area contributed by atoms with Crippen LogP contribution in [0.15, 0.2) is 42.5 Å². The van der Waals surface area contributed by atoms with Gasteiger partial charge in [-0.3, -0.25) is 0 Å². The fraction of sp³-hybridized carbons (Fsp3) is 0.435. The van der Waals surface area contributed by atoms with Gasteiger partial charge >= 0.3 is 6.03 Å². The lowest BCUT2D eigenvalue weighted by Crippen LogP contribution is -2.44. The molecule has 148 valence electrons. The van der Waals surface area contributed by atoms with Gasteiger partial charge < -0.3 is 20.5 Å². The number of methoxy groups -OCH3 is 1. The molecule has 5 nitrogen and oxygen atoms in total. The average molecular weight is 380 g/mol. The molecule has 0 bridgehead atoms. The Morgan fingerprint density at radius 3 is 2.79 bits per heavy atom. The second-order valence-electron chi connectivity index (χ2n) is 7.98. The van der Waals surface area contributed by atoms with Crippen LogP contribution in [-0.4, -0.2) is 24.8 Å². The molecular formula is C23H28N2O3. The maximum absolute atomic E-state index is 12.6. The van der Waals surface area contributed by atoms with Crippen LogP contribution in [0.4, 0.5) is 4.79 Å². The highest BCUT2D eigenvalue weighted by atomic mass is 16.5. The number of aromatic hydroxyl groups is 1. The zero-order chi connectivity index (χ0) is 19.6. The summed E-state index contributed by atoms with van der Waals surface area (Å²) in [5.41, 5.74) is 3.19. The molecule has 0 heterocycles. The number of carbonyl (C=O) groups excluding carboxylic acids is 1. The van der Waals surface area contributed by atoms with Crippen LogP contribution in [0.2, 0.25) is 0 Å². The topological polar surface area (TPSA) is 70.6 Å². The predicted molar refractivity (Wildman–Crippen MR) is 109 cm³/mol. The van der Waals surface area contributed by atoms with E-state index < -0.39 is 0 Å². The van der Waals surface area contributed by atoms with Crippen molar-refractivity contribution in [1.29, 1.82) is 0 Å². The van der Waals surface area contributed by atoms with Crippen LogP contribution in [0.3, 0.4) is 0 Å². The summed E-state index contributed by atoms with van der Waals surface area (Å²) >= 11 is 0. The van der Waals surface area contributed by atoms with E-state index in [1.165, 1.54) is 18.4 Å².